The molecule has 0 saturated carbocycles. The Morgan fingerprint density at radius 2 is 1.59 bits per heavy atom. The number of nitriles is 1. The number of rotatable bonds is 9. The Morgan fingerprint density at radius 1 is 1.03 bits per heavy atom. The molecule has 0 heterocycles. The number of carbonyl (C=O) groups is 3. The van der Waals surface area contributed by atoms with Gasteiger partial charge in [0.15, 0.2) is 0 Å². The Labute approximate surface area is 208 Å². The van der Waals surface area contributed by atoms with E-state index in [9.17, 15) is 14.4 Å². The predicted octanol–water partition coefficient (Wildman–Crippen LogP) is 4.30. The number of hydrogen-bond acceptors (Lipinski definition) is 6. The van der Waals surface area contributed by atoms with E-state index in [1.165, 1.54) is 18.8 Å². The number of nitrogens with zero attached hydrogens (tertiary/aromatic N) is 1. The van der Waals surface area contributed by atoms with Gasteiger partial charge >= 0.3 is 5.97 Å². The summed E-state index contributed by atoms with van der Waals surface area (Å²) in [4.78, 5) is 40.2. The molecule has 0 radical (unpaired) electrons. The van der Waals surface area contributed by atoms with Crippen LogP contribution in [0.5, 0.6) is 0 Å². The number of likely N-dealkylation sites (N-methyl/N-ethyl adjacent to an activating group) is 1. The number of nitrogens with one attached hydrogen (secondary N) is 2. The first-order valence-electron chi connectivity index (χ1n) is 11.5. The maximum atomic E-state index is 13.6. The molecule has 0 fully saturated rings. The van der Waals surface area contributed by atoms with E-state index in [0.29, 0.717) is 12.0 Å². The van der Waals surface area contributed by atoms with Gasteiger partial charge in [-0.25, -0.2) is 0 Å². The Bertz CT molecular complexity index is 893. The molecule has 1 aromatic rings. The van der Waals surface area contributed by atoms with E-state index in [2.05, 4.69) is 16.7 Å². The first-order chi connectivity index (χ1) is 15.6. The van der Waals surface area contributed by atoms with Crippen molar-refractivity contribution in [3.63, 3.8) is 0 Å². The summed E-state index contributed by atoms with van der Waals surface area (Å²) < 4.78 is 5.70. The maximum absolute atomic E-state index is 13.6. The van der Waals surface area contributed by atoms with Crippen LogP contribution >= 0.6 is 11.8 Å². The summed E-state index contributed by atoms with van der Waals surface area (Å²) in [6.07, 6.45) is 0.434. The molecule has 2 N–H and O–H groups in total. The summed E-state index contributed by atoms with van der Waals surface area (Å²) in [5.74, 6) is -1.76. The Kier molecular flexibility index (Phi) is 10.6. The highest BCUT2D eigenvalue weighted by molar-refractivity contribution is 8.00. The first kappa shape index (κ1) is 29.5. The number of esters is 1. The van der Waals surface area contributed by atoms with E-state index >= 15 is 0 Å². The number of hydrogen-bond donors (Lipinski definition) is 2. The van der Waals surface area contributed by atoms with Crippen molar-refractivity contribution in [1.29, 1.82) is 5.26 Å². The minimum absolute atomic E-state index is 0.121. The van der Waals surface area contributed by atoms with Gasteiger partial charge in [-0.05, 0) is 62.8 Å². The zero-order chi connectivity index (χ0) is 26.3. The van der Waals surface area contributed by atoms with Gasteiger partial charge in [-0.1, -0.05) is 34.6 Å². The molecule has 0 aliphatic rings. The second-order valence-corrected chi connectivity index (χ2v) is 12.1. The summed E-state index contributed by atoms with van der Waals surface area (Å²) in [7, 11) is 1.53. The van der Waals surface area contributed by atoms with Gasteiger partial charge in [-0.15, -0.1) is 11.8 Å². The average Bonchev–Trinajstić information content (AvgIpc) is 2.71. The summed E-state index contributed by atoms with van der Waals surface area (Å²) in [5, 5.41) is 13.8. The molecule has 7 nitrogen and oxygen atoms in total. The van der Waals surface area contributed by atoms with Crippen molar-refractivity contribution >= 4 is 29.5 Å². The van der Waals surface area contributed by atoms with E-state index in [0.717, 1.165) is 4.90 Å². The summed E-state index contributed by atoms with van der Waals surface area (Å²) in [6, 6.07) is 8.17. The van der Waals surface area contributed by atoms with Crippen LogP contribution < -0.4 is 10.6 Å². The third kappa shape index (κ3) is 9.38. The molecular weight excluding hydrogens is 450 g/mol. The third-order valence-corrected chi connectivity index (χ3v) is 6.29. The topological polar surface area (TPSA) is 108 Å². The van der Waals surface area contributed by atoms with Gasteiger partial charge in [0.05, 0.1) is 17.6 Å². The van der Waals surface area contributed by atoms with Gasteiger partial charge < -0.3 is 15.4 Å². The predicted molar refractivity (Wildman–Crippen MR) is 135 cm³/mol. The molecule has 1 aromatic carbocycles. The van der Waals surface area contributed by atoms with E-state index < -0.39 is 34.2 Å². The highest BCUT2D eigenvalue weighted by Crippen LogP contribution is 2.34. The highest BCUT2D eigenvalue weighted by atomic mass is 32.2. The Balaban J connectivity index is 3.41. The van der Waals surface area contributed by atoms with Crippen molar-refractivity contribution in [1.82, 2.24) is 10.6 Å². The van der Waals surface area contributed by atoms with Gasteiger partial charge in [-0.3, -0.25) is 14.4 Å². The second kappa shape index (κ2) is 12.3. The molecule has 0 aromatic heterocycles. The summed E-state index contributed by atoms with van der Waals surface area (Å²) in [5.41, 5.74) is -0.747. The lowest BCUT2D eigenvalue weighted by atomic mass is 9.85. The second-order valence-electron chi connectivity index (χ2n) is 10.9. The number of thioether (sulfide) groups is 1. The van der Waals surface area contributed by atoms with Crippen LogP contribution in [0.25, 0.3) is 0 Å². The molecule has 2 amide bonds. The molecule has 0 aliphatic heterocycles. The van der Waals surface area contributed by atoms with E-state index in [1.54, 1.807) is 45.0 Å². The number of amides is 2. The number of benzene rings is 1. The van der Waals surface area contributed by atoms with Crippen LogP contribution in [0.4, 0.5) is 0 Å². The fourth-order valence-corrected chi connectivity index (χ4v) is 4.48. The largest absolute Gasteiger partial charge is 0.459 e. The lowest BCUT2D eigenvalue weighted by molar-refractivity contribution is -0.156. The summed E-state index contributed by atoms with van der Waals surface area (Å²) in [6.45, 7) is 15.0. The first-order valence-corrected chi connectivity index (χ1v) is 12.4. The Morgan fingerprint density at radius 3 is 2.00 bits per heavy atom. The van der Waals surface area contributed by atoms with Crippen molar-refractivity contribution in [3.8, 4) is 6.07 Å². The fourth-order valence-electron chi connectivity index (χ4n) is 3.35. The molecule has 8 heteroatoms. The smallest absolute Gasteiger partial charge is 0.320 e. The van der Waals surface area contributed by atoms with Crippen LogP contribution in [0.2, 0.25) is 0 Å². The molecular formula is C26H39N3O4S. The monoisotopic (exact) mass is 489 g/mol. The van der Waals surface area contributed by atoms with Crippen molar-refractivity contribution in [2.75, 3.05) is 7.05 Å². The van der Waals surface area contributed by atoms with Gasteiger partial charge in [0.25, 0.3) is 0 Å². The van der Waals surface area contributed by atoms with Crippen LogP contribution in [0, 0.1) is 28.6 Å². The third-order valence-electron chi connectivity index (χ3n) is 4.97. The number of ether oxygens (including phenoxy) is 1. The van der Waals surface area contributed by atoms with E-state index in [4.69, 9.17) is 10.00 Å². The molecule has 0 aliphatic carbocycles. The van der Waals surface area contributed by atoms with Crippen LogP contribution in [-0.4, -0.2) is 41.7 Å². The highest BCUT2D eigenvalue weighted by Gasteiger charge is 2.41. The van der Waals surface area contributed by atoms with Crippen LogP contribution in [-0.2, 0) is 19.1 Å². The normalized spacial score (nSPS) is 14.5. The Hall–Kier alpha value is -2.53. The van der Waals surface area contributed by atoms with Gasteiger partial charge in [0, 0.05) is 11.9 Å². The zero-order valence-electron chi connectivity index (χ0n) is 21.8. The molecule has 3 atom stereocenters. The lowest BCUT2D eigenvalue weighted by Crippen LogP contribution is -2.55. The average molecular weight is 490 g/mol. The van der Waals surface area contributed by atoms with Gasteiger partial charge in [0.1, 0.15) is 16.9 Å². The van der Waals surface area contributed by atoms with Gasteiger partial charge in [-0.2, -0.15) is 5.26 Å². The van der Waals surface area contributed by atoms with Crippen molar-refractivity contribution in [3.05, 3.63) is 29.8 Å². The minimum Gasteiger partial charge on any atom is -0.459 e. The molecule has 34 heavy (non-hydrogen) atoms. The fraction of sp³-hybridized carbons (Fsp3) is 0.615. The quantitative estimate of drug-likeness (QED) is 0.395. The minimum atomic E-state index is -0.833. The molecule has 0 unspecified atom stereocenters. The molecule has 0 spiro atoms. The molecule has 188 valence electrons. The van der Waals surface area contributed by atoms with Crippen LogP contribution in [0.1, 0.15) is 67.4 Å². The zero-order valence-corrected chi connectivity index (χ0v) is 22.6. The maximum Gasteiger partial charge on any atom is 0.320 e. The van der Waals surface area contributed by atoms with E-state index in [1.807, 2.05) is 34.6 Å². The summed E-state index contributed by atoms with van der Waals surface area (Å²) >= 11 is 1.24. The molecule has 0 saturated heterocycles. The van der Waals surface area contributed by atoms with Crippen molar-refractivity contribution in [2.24, 2.45) is 17.3 Å². The standard InChI is InChI=1S/C26H39N3O4S/c1-16(2)14-19(22(30)29-21(23(31)28-9)25(3,4)5)20(24(32)33-26(6,7)8)34-18-12-10-17(15-27)11-13-18/h10-13,16,19-21H,14H2,1-9H3,(H,28,31)(H,29,30)/t19-,20+,21-/m1/s1. The van der Waals surface area contributed by atoms with Crippen molar-refractivity contribution in [2.45, 2.75) is 83.6 Å². The number of carbonyl (C=O) groups excluding carboxylic acids is 3. The van der Waals surface area contributed by atoms with E-state index in [-0.39, 0.29) is 17.7 Å². The van der Waals surface area contributed by atoms with Crippen LogP contribution in [0.15, 0.2) is 29.2 Å². The van der Waals surface area contributed by atoms with Crippen LogP contribution in [0.3, 0.4) is 0 Å². The van der Waals surface area contributed by atoms with Gasteiger partial charge in [0.2, 0.25) is 11.8 Å². The molecule has 1 rings (SSSR count). The molecule has 0 bridgehead atoms. The van der Waals surface area contributed by atoms with Crippen molar-refractivity contribution < 1.29 is 19.1 Å². The SMILES string of the molecule is CNC(=O)[C@@H](NC(=O)[C@H](CC(C)C)[C@H](Sc1ccc(C#N)cc1)C(=O)OC(C)(C)C)C(C)(C)C. The lowest BCUT2D eigenvalue weighted by Gasteiger charge is -2.33.